The third-order valence-corrected chi connectivity index (χ3v) is 4.89. The number of aromatic nitrogens is 2. The van der Waals surface area contributed by atoms with E-state index in [9.17, 15) is 4.79 Å². The highest BCUT2D eigenvalue weighted by Gasteiger charge is 2.39. The number of carbonyl (C=O) groups is 1. The molecular weight excluding hydrogens is 286 g/mol. The summed E-state index contributed by atoms with van der Waals surface area (Å²) in [5.74, 6) is 1.36. The lowest BCUT2D eigenvalue weighted by atomic mass is 9.93. The minimum absolute atomic E-state index is 0.142. The molecule has 0 aliphatic heterocycles. The van der Waals surface area contributed by atoms with Crippen molar-refractivity contribution in [2.75, 3.05) is 0 Å². The maximum atomic E-state index is 12.5. The lowest BCUT2D eigenvalue weighted by Gasteiger charge is -2.18. The van der Waals surface area contributed by atoms with Crippen molar-refractivity contribution in [3.05, 3.63) is 60.6 Å². The number of fused-ring (bicyclic) bond motifs is 2. The lowest BCUT2D eigenvalue weighted by molar-refractivity contribution is -0.125. The molecule has 3 unspecified atom stereocenters. The van der Waals surface area contributed by atoms with Gasteiger partial charge >= 0.3 is 0 Å². The Bertz CT molecular complexity index is 741. The summed E-state index contributed by atoms with van der Waals surface area (Å²) in [4.78, 5) is 21.1. The van der Waals surface area contributed by atoms with Gasteiger partial charge in [-0.05, 0) is 48.4 Å². The zero-order chi connectivity index (χ0) is 15.6. The molecule has 0 spiro atoms. The molecule has 1 amide bonds. The molecule has 1 N–H and O–H groups in total. The Morgan fingerprint density at radius 3 is 2.83 bits per heavy atom. The van der Waals surface area contributed by atoms with Crippen molar-refractivity contribution in [3.63, 3.8) is 0 Å². The normalized spacial score (nSPS) is 24.8. The average Bonchev–Trinajstić information content (AvgIpc) is 3.24. The molecule has 0 aromatic carbocycles. The van der Waals surface area contributed by atoms with E-state index < -0.39 is 0 Å². The first kappa shape index (κ1) is 14.1. The summed E-state index contributed by atoms with van der Waals surface area (Å²) in [6.07, 6.45) is 11.9. The smallest absolute Gasteiger partial charge is 0.223 e. The van der Waals surface area contributed by atoms with Crippen molar-refractivity contribution < 1.29 is 4.79 Å². The van der Waals surface area contributed by atoms with Crippen LogP contribution in [-0.2, 0) is 11.3 Å². The Morgan fingerprint density at radius 1 is 1.17 bits per heavy atom. The number of hydrogen-bond acceptors (Lipinski definition) is 3. The molecule has 1 fully saturated rings. The second-order valence-corrected chi connectivity index (χ2v) is 6.36. The van der Waals surface area contributed by atoms with E-state index in [4.69, 9.17) is 0 Å². The third kappa shape index (κ3) is 2.77. The number of carbonyl (C=O) groups excluding carboxylic acids is 1. The molecule has 4 nitrogen and oxygen atoms in total. The highest BCUT2D eigenvalue weighted by Crippen LogP contribution is 2.43. The first-order valence-corrected chi connectivity index (χ1v) is 8.11. The molecule has 0 radical (unpaired) electrons. The topological polar surface area (TPSA) is 54.9 Å². The molecule has 0 saturated heterocycles. The molecule has 2 aliphatic rings. The van der Waals surface area contributed by atoms with Gasteiger partial charge in [0, 0.05) is 36.6 Å². The van der Waals surface area contributed by atoms with Crippen LogP contribution in [0.3, 0.4) is 0 Å². The molecule has 2 heterocycles. The number of rotatable bonds is 4. The molecular formula is C19H19N3O. The standard InChI is InChI=1S/C19H19N3O/c23-19(17-10-13-5-6-14(17)9-13)22-12-16-4-2-8-21-18(16)15-3-1-7-20-11-15/h1-8,11,13-14,17H,9-10,12H2,(H,22,23). The summed E-state index contributed by atoms with van der Waals surface area (Å²) in [6.45, 7) is 0.508. The number of nitrogens with zero attached hydrogens (tertiary/aromatic N) is 2. The second kappa shape index (κ2) is 5.95. The number of pyridine rings is 2. The van der Waals surface area contributed by atoms with E-state index >= 15 is 0 Å². The van der Waals surface area contributed by atoms with Crippen molar-refractivity contribution in [2.24, 2.45) is 17.8 Å². The van der Waals surface area contributed by atoms with Crippen molar-refractivity contribution in [3.8, 4) is 11.3 Å². The predicted octanol–water partition coefficient (Wildman–Crippen LogP) is 2.97. The second-order valence-electron chi connectivity index (χ2n) is 6.36. The maximum absolute atomic E-state index is 12.5. The third-order valence-electron chi connectivity index (χ3n) is 4.89. The van der Waals surface area contributed by atoms with Gasteiger partial charge in [-0.15, -0.1) is 0 Å². The van der Waals surface area contributed by atoms with Gasteiger partial charge in [0.05, 0.1) is 5.69 Å². The van der Waals surface area contributed by atoms with Crippen LogP contribution in [0.25, 0.3) is 11.3 Å². The van der Waals surface area contributed by atoms with E-state index in [2.05, 4.69) is 27.4 Å². The summed E-state index contributed by atoms with van der Waals surface area (Å²) in [5.41, 5.74) is 2.88. The molecule has 23 heavy (non-hydrogen) atoms. The summed E-state index contributed by atoms with van der Waals surface area (Å²) in [7, 11) is 0. The SMILES string of the molecule is O=C(NCc1cccnc1-c1cccnc1)C1CC2C=CC1C2. The molecule has 2 aromatic heterocycles. The minimum Gasteiger partial charge on any atom is -0.352 e. The fourth-order valence-corrected chi connectivity index (χ4v) is 3.74. The first-order chi connectivity index (χ1) is 11.3. The maximum Gasteiger partial charge on any atom is 0.223 e. The molecule has 3 atom stereocenters. The van der Waals surface area contributed by atoms with Gasteiger partial charge in [0.25, 0.3) is 0 Å². The first-order valence-electron chi connectivity index (χ1n) is 8.11. The van der Waals surface area contributed by atoms with Gasteiger partial charge in [-0.2, -0.15) is 0 Å². The zero-order valence-corrected chi connectivity index (χ0v) is 12.9. The van der Waals surface area contributed by atoms with E-state index in [1.54, 1.807) is 18.6 Å². The van der Waals surface area contributed by atoms with E-state index in [0.717, 1.165) is 29.7 Å². The largest absolute Gasteiger partial charge is 0.352 e. The Labute approximate surface area is 135 Å². The predicted molar refractivity (Wildman–Crippen MR) is 88.2 cm³/mol. The van der Waals surface area contributed by atoms with Gasteiger partial charge in [0.1, 0.15) is 0 Å². The highest BCUT2D eigenvalue weighted by atomic mass is 16.1. The van der Waals surface area contributed by atoms with Crippen molar-refractivity contribution in [2.45, 2.75) is 19.4 Å². The highest BCUT2D eigenvalue weighted by molar-refractivity contribution is 5.80. The van der Waals surface area contributed by atoms with Crippen LogP contribution in [0.15, 0.2) is 55.0 Å². The Hall–Kier alpha value is -2.49. The number of nitrogens with one attached hydrogen (secondary N) is 1. The van der Waals surface area contributed by atoms with E-state index in [1.807, 2.05) is 24.3 Å². The fourth-order valence-electron chi connectivity index (χ4n) is 3.74. The van der Waals surface area contributed by atoms with E-state index in [-0.39, 0.29) is 11.8 Å². The molecule has 116 valence electrons. The van der Waals surface area contributed by atoms with Crippen molar-refractivity contribution in [1.82, 2.24) is 15.3 Å². The Kier molecular flexibility index (Phi) is 3.66. The summed E-state index contributed by atoms with van der Waals surface area (Å²) < 4.78 is 0. The Morgan fingerprint density at radius 2 is 2.09 bits per heavy atom. The van der Waals surface area contributed by atoms with Crippen LogP contribution in [0.2, 0.25) is 0 Å². The molecule has 2 aromatic rings. The van der Waals surface area contributed by atoms with Gasteiger partial charge < -0.3 is 5.32 Å². The molecule has 4 rings (SSSR count). The van der Waals surface area contributed by atoms with E-state index in [1.165, 1.54) is 0 Å². The molecule has 1 saturated carbocycles. The quantitative estimate of drug-likeness (QED) is 0.884. The molecule has 4 heteroatoms. The zero-order valence-electron chi connectivity index (χ0n) is 12.9. The van der Waals surface area contributed by atoms with Crippen LogP contribution in [0, 0.1) is 17.8 Å². The fraction of sp³-hybridized carbons (Fsp3) is 0.316. The van der Waals surface area contributed by atoms with Crippen LogP contribution in [-0.4, -0.2) is 15.9 Å². The molecule has 2 aliphatic carbocycles. The van der Waals surface area contributed by atoms with Crippen molar-refractivity contribution >= 4 is 5.91 Å². The summed E-state index contributed by atoms with van der Waals surface area (Å²) in [5, 5.41) is 3.10. The number of amides is 1. The average molecular weight is 305 g/mol. The van der Waals surface area contributed by atoms with Gasteiger partial charge in [-0.3, -0.25) is 14.8 Å². The van der Waals surface area contributed by atoms with Crippen LogP contribution in [0.5, 0.6) is 0 Å². The summed E-state index contributed by atoms with van der Waals surface area (Å²) in [6, 6.07) is 7.80. The monoisotopic (exact) mass is 305 g/mol. The number of hydrogen-bond donors (Lipinski definition) is 1. The van der Waals surface area contributed by atoms with Crippen LogP contribution in [0.4, 0.5) is 0 Å². The van der Waals surface area contributed by atoms with Gasteiger partial charge in [-0.1, -0.05) is 18.2 Å². The van der Waals surface area contributed by atoms with Crippen LogP contribution in [0.1, 0.15) is 18.4 Å². The Balaban J connectivity index is 1.47. The van der Waals surface area contributed by atoms with Crippen LogP contribution >= 0.6 is 0 Å². The molecule has 2 bridgehead atoms. The van der Waals surface area contributed by atoms with Crippen LogP contribution < -0.4 is 5.32 Å². The summed E-state index contributed by atoms with van der Waals surface area (Å²) >= 11 is 0. The van der Waals surface area contributed by atoms with E-state index in [0.29, 0.717) is 18.4 Å². The number of allylic oxidation sites excluding steroid dienone is 2. The van der Waals surface area contributed by atoms with Gasteiger partial charge in [-0.25, -0.2) is 0 Å². The lowest BCUT2D eigenvalue weighted by Crippen LogP contribution is -2.32. The van der Waals surface area contributed by atoms with Gasteiger partial charge in [0.15, 0.2) is 0 Å². The minimum atomic E-state index is 0.142. The van der Waals surface area contributed by atoms with Crippen molar-refractivity contribution in [1.29, 1.82) is 0 Å². The van der Waals surface area contributed by atoms with Gasteiger partial charge in [0.2, 0.25) is 5.91 Å².